The largest absolute Gasteiger partial charge is 0.334 e. The van der Waals surface area contributed by atoms with Gasteiger partial charge in [0.05, 0.1) is 6.04 Å². The molecule has 104 valence electrons. The monoisotopic (exact) mass is 260 g/mol. The molecule has 0 aromatic heterocycles. The van der Waals surface area contributed by atoms with Crippen LogP contribution in [-0.4, -0.2) is 23.4 Å². The van der Waals surface area contributed by atoms with Gasteiger partial charge >= 0.3 is 0 Å². The van der Waals surface area contributed by atoms with Crippen LogP contribution in [0.4, 0.5) is 0 Å². The molecule has 3 heteroatoms. The fourth-order valence-electron chi connectivity index (χ4n) is 2.92. The van der Waals surface area contributed by atoms with Crippen LogP contribution in [-0.2, 0) is 4.79 Å². The SMILES string of the molecule is Cc1cccc(C2C(N)CC(=O)N2CC(C)C)c1C. The molecule has 2 rings (SSSR count). The molecular weight excluding hydrogens is 236 g/mol. The molecule has 2 unspecified atom stereocenters. The van der Waals surface area contributed by atoms with Gasteiger partial charge in [0, 0.05) is 19.0 Å². The number of hydrogen-bond donors (Lipinski definition) is 1. The molecule has 1 heterocycles. The van der Waals surface area contributed by atoms with Crippen LogP contribution in [0.15, 0.2) is 18.2 Å². The third-order valence-corrected chi connectivity index (χ3v) is 4.00. The number of aryl methyl sites for hydroxylation is 1. The van der Waals surface area contributed by atoms with Gasteiger partial charge in [0.2, 0.25) is 5.91 Å². The van der Waals surface area contributed by atoms with E-state index >= 15 is 0 Å². The summed E-state index contributed by atoms with van der Waals surface area (Å²) in [7, 11) is 0. The van der Waals surface area contributed by atoms with Crippen molar-refractivity contribution in [2.45, 2.75) is 46.2 Å². The first kappa shape index (κ1) is 14.1. The summed E-state index contributed by atoms with van der Waals surface area (Å²) in [5.74, 6) is 0.647. The van der Waals surface area contributed by atoms with Gasteiger partial charge in [-0.1, -0.05) is 32.0 Å². The lowest BCUT2D eigenvalue weighted by atomic mass is 9.93. The molecule has 0 saturated carbocycles. The standard InChI is InChI=1S/C16H24N2O/c1-10(2)9-18-15(19)8-14(17)16(18)13-7-5-6-11(3)12(13)4/h5-7,10,14,16H,8-9,17H2,1-4H3. The number of carbonyl (C=O) groups excluding carboxylic acids is 1. The van der Waals surface area contributed by atoms with E-state index in [-0.39, 0.29) is 18.0 Å². The van der Waals surface area contributed by atoms with Gasteiger partial charge in [-0.2, -0.15) is 0 Å². The number of nitrogens with two attached hydrogens (primary N) is 1. The van der Waals surface area contributed by atoms with E-state index in [2.05, 4.69) is 45.9 Å². The lowest BCUT2D eigenvalue weighted by Gasteiger charge is -2.30. The van der Waals surface area contributed by atoms with E-state index in [0.29, 0.717) is 12.3 Å². The first-order valence-electron chi connectivity index (χ1n) is 7.03. The van der Waals surface area contributed by atoms with Crippen molar-refractivity contribution in [1.82, 2.24) is 4.90 Å². The molecule has 1 aliphatic rings. The molecule has 0 aliphatic carbocycles. The average Bonchev–Trinajstić information content (AvgIpc) is 2.58. The number of benzene rings is 1. The molecule has 1 saturated heterocycles. The van der Waals surface area contributed by atoms with E-state index < -0.39 is 0 Å². The Morgan fingerprint density at radius 3 is 2.68 bits per heavy atom. The second-order valence-corrected chi connectivity index (χ2v) is 6.04. The summed E-state index contributed by atoms with van der Waals surface area (Å²) in [6.07, 6.45) is 0.463. The Balaban J connectivity index is 2.39. The highest BCUT2D eigenvalue weighted by molar-refractivity contribution is 5.80. The van der Waals surface area contributed by atoms with Crippen LogP contribution in [0.3, 0.4) is 0 Å². The van der Waals surface area contributed by atoms with Gasteiger partial charge in [-0.05, 0) is 36.5 Å². The lowest BCUT2D eigenvalue weighted by molar-refractivity contribution is -0.129. The zero-order valence-electron chi connectivity index (χ0n) is 12.3. The van der Waals surface area contributed by atoms with Crippen molar-refractivity contribution in [2.75, 3.05) is 6.54 Å². The Labute approximate surface area is 115 Å². The minimum atomic E-state index is -0.0910. The van der Waals surface area contributed by atoms with Crippen molar-refractivity contribution in [3.63, 3.8) is 0 Å². The maximum atomic E-state index is 12.1. The van der Waals surface area contributed by atoms with E-state index in [1.165, 1.54) is 16.7 Å². The topological polar surface area (TPSA) is 46.3 Å². The summed E-state index contributed by atoms with van der Waals surface area (Å²) >= 11 is 0. The van der Waals surface area contributed by atoms with Crippen molar-refractivity contribution >= 4 is 5.91 Å². The van der Waals surface area contributed by atoms with Crippen LogP contribution < -0.4 is 5.73 Å². The number of hydrogen-bond acceptors (Lipinski definition) is 2. The van der Waals surface area contributed by atoms with Crippen LogP contribution in [0.25, 0.3) is 0 Å². The third kappa shape index (κ3) is 2.66. The van der Waals surface area contributed by atoms with Crippen molar-refractivity contribution in [3.05, 3.63) is 34.9 Å². The fraction of sp³-hybridized carbons (Fsp3) is 0.562. The minimum Gasteiger partial charge on any atom is -0.334 e. The second-order valence-electron chi connectivity index (χ2n) is 6.04. The minimum absolute atomic E-state index is 0.0369. The molecule has 1 fully saturated rings. The summed E-state index contributed by atoms with van der Waals surface area (Å²) < 4.78 is 0. The molecule has 1 aromatic rings. The first-order chi connectivity index (χ1) is 8.91. The maximum absolute atomic E-state index is 12.1. The predicted molar refractivity (Wildman–Crippen MR) is 77.8 cm³/mol. The van der Waals surface area contributed by atoms with Crippen LogP contribution in [0, 0.1) is 19.8 Å². The number of amides is 1. The molecule has 1 aromatic carbocycles. The van der Waals surface area contributed by atoms with Gasteiger partial charge in [-0.25, -0.2) is 0 Å². The van der Waals surface area contributed by atoms with E-state index in [1.807, 2.05) is 4.90 Å². The molecule has 0 spiro atoms. The quantitative estimate of drug-likeness (QED) is 0.908. The van der Waals surface area contributed by atoms with E-state index in [0.717, 1.165) is 6.54 Å². The summed E-state index contributed by atoms with van der Waals surface area (Å²) in [5, 5.41) is 0. The molecule has 0 bridgehead atoms. The van der Waals surface area contributed by atoms with Gasteiger partial charge < -0.3 is 10.6 Å². The zero-order chi connectivity index (χ0) is 14.2. The molecule has 1 amide bonds. The lowest BCUT2D eigenvalue weighted by Crippen LogP contribution is -2.35. The summed E-state index contributed by atoms with van der Waals surface area (Å²) in [5.41, 5.74) is 9.95. The van der Waals surface area contributed by atoms with Gasteiger partial charge in [-0.15, -0.1) is 0 Å². The van der Waals surface area contributed by atoms with Gasteiger partial charge in [0.1, 0.15) is 0 Å². The Morgan fingerprint density at radius 2 is 2.05 bits per heavy atom. The Hall–Kier alpha value is -1.35. The van der Waals surface area contributed by atoms with Crippen LogP contribution in [0.2, 0.25) is 0 Å². The molecule has 0 radical (unpaired) electrons. The van der Waals surface area contributed by atoms with Gasteiger partial charge in [0.15, 0.2) is 0 Å². The smallest absolute Gasteiger partial charge is 0.224 e. The van der Waals surface area contributed by atoms with Crippen molar-refractivity contribution < 1.29 is 4.79 Å². The normalized spacial score (nSPS) is 23.5. The summed E-state index contributed by atoms with van der Waals surface area (Å²) in [6, 6.07) is 6.22. The van der Waals surface area contributed by atoms with E-state index in [4.69, 9.17) is 5.73 Å². The van der Waals surface area contributed by atoms with Gasteiger partial charge in [-0.3, -0.25) is 4.79 Å². The Kier molecular flexibility index (Phi) is 3.95. The molecule has 19 heavy (non-hydrogen) atoms. The molecule has 2 N–H and O–H groups in total. The zero-order valence-corrected chi connectivity index (χ0v) is 12.3. The second kappa shape index (κ2) is 5.33. The number of carbonyl (C=O) groups is 1. The Bertz CT molecular complexity index is 482. The summed E-state index contributed by atoms with van der Waals surface area (Å²) in [4.78, 5) is 14.1. The van der Waals surface area contributed by atoms with E-state index in [9.17, 15) is 4.79 Å². The highest BCUT2D eigenvalue weighted by atomic mass is 16.2. The van der Waals surface area contributed by atoms with Gasteiger partial charge in [0.25, 0.3) is 0 Å². The van der Waals surface area contributed by atoms with Crippen molar-refractivity contribution in [1.29, 1.82) is 0 Å². The maximum Gasteiger partial charge on any atom is 0.224 e. The summed E-state index contributed by atoms with van der Waals surface area (Å²) in [6.45, 7) is 9.28. The van der Waals surface area contributed by atoms with E-state index in [1.54, 1.807) is 0 Å². The third-order valence-electron chi connectivity index (χ3n) is 4.00. The molecule has 1 aliphatic heterocycles. The van der Waals surface area contributed by atoms with Crippen molar-refractivity contribution in [2.24, 2.45) is 11.7 Å². The average molecular weight is 260 g/mol. The number of rotatable bonds is 3. The highest BCUT2D eigenvalue weighted by Crippen LogP contribution is 2.35. The first-order valence-corrected chi connectivity index (χ1v) is 7.03. The molecular formula is C16H24N2O. The molecule has 2 atom stereocenters. The number of nitrogens with zero attached hydrogens (tertiary/aromatic N) is 1. The predicted octanol–water partition coefficient (Wildman–Crippen LogP) is 2.56. The number of likely N-dealkylation sites (tertiary alicyclic amines) is 1. The van der Waals surface area contributed by atoms with Crippen molar-refractivity contribution in [3.8, 4) is 0 Å². The fourth-order valence-corrected chi connectivity index (χ4v) is 2.92. The molecule has 3 nitrogen and oxygen atoms in total. The highest BCUT2D eigenvalue weighted by Gasteiger charge is 2.39. The van der Waals surface area contributed by atoms with Crippen LogP contribution in [0.1, 0.15) is 43.0 Å². The van der Waals surface area contributed by atoms with Crippen LogP contribution in [0.5, 0.6) is 0 Å². The Morgan fingerprint density at radius 1 is 1.37 bits per heavy atom. The van der Waals surface area contributed by atoms with Crippen LogP contribution >= 0.6 is 0 Å².